The van der Waals surface area contributed by atoms with Crippen LogP contribution in [0.15, 0.2) is 0 Å². The van der Waals surface area contributed by atoms with Gasteiger partial charge in [0.05, 0.1) is 11.2 Å². The minimum absolute atomic E-state index is 0.0141. The van der Waals surface area contributed by atoms with E-state index >= 15 is 0 Å². The van der Waals surface area contributed by atoms with Crippen molar-refractivity contribution in [3.63, 3.8) is 0 Å². The largest absolute Gasteiger partial charge is 0.369 e. The zero-order valence-electron chi connectivity index (χ0n) is 14.3. The number of rotatable bonds is 3. The van der Waals surface area contributed by atoms with Crippen molar-refractivity contribution in [1.82, 2.24) is 0 Å². The Balaban J connectivity index is 2.10. The summed E-state index contributed by atoms with van der Waals surface area (Å²) in [6, 6.07) is 0. The molecule has 2 nitrogen and oxygen atoms in total. The number of hydrogen-bond acceptors (Lipinski definition) is 2. The third kappa shape index (κ3) is 3.39. The number of nitrogens with two attached hydrogens (primary N) is 1. The first kappa shape index (κ1) is 16.3. The van der Waals surface area contributed by atoms with Crippen molar-refractivity contribution in [2.45, 2.75) is 103 Å². The fourth-order valence-electron chi connectivity index (χ4n) is 4.97. The zero-order chi connectivity index (χ0) is 15.0. The second kappa shape index (κ2) is 5.61. The standard InChI is InChI=1S/C18H35NO/c1-6-8-14-9-7-11-18(19,12-10-14)15-13-16(2,3)20-17(15,4)5/h14-15H,6-13,19H2,1-5H3. The first-order valence-corrected chi connectivity index (χ1v) is 8.68. The van der Waals surface area contributed by atoms with Gasteiger partial charge in [0.25, 0.3) is 0 Å². The van der Waals surface area contributed by atoms with Crippen LogP contribution in [-0.2, 0) is 4.74 Å². The Bertz CT molecular complexity index is 336. The highest BCUT2D eigenvalue weighted by atomic mass is 16.5. The van der Waals surface area contributed by atoms with Gasteiger partial charge in [-0.2, -0.15) is 0 Å². The first-order valence-electron chi connectivity index (χ1n) is 8.68. The van der Waals surface area contributed by atoms with Gasteiger partial charge in [-0.15, -0.1) is 0 Å². The SMILES string of the molecule is CCCC1CCCC(N)(C2CC(C)(C)OC2(C)C)CC1. The topological polar surface area (TPSA) is 35.2 Å². The van der Waals surface area contributed by atoms with Gasteiger partial charge in [-0.1, -0.05) is 32.6 Å². The smallest absolute Gasteiger partial charge is 0.0680 e. The molecule has 1 heterocycles. The Morgan fingerprint density at radius 2 is 1.80 bits per heavy atom. The van der Waals surface area contributed by atoms with E-state index in [-0.39, 0.29) is 16.7 Å². The molecule has 1 saturated carbocycles. The second-order valence-electron chi connectivity index (χ2n) is 8.54. The van der Waals surface area contributed by atoms with Gasteiger partial charge in [-0.3, -0.25) is 0 Å². The third-order valence-electron chi connectivity index (χ3n) is 5.74. The van der Waals surface area contributed by atoms with Gasteiger partial charge in [0.2, 0.25) is 0 Å². The van der Waals surface area contributed by atoms with Gasteiger partial charge in [-0.05, 0) is 59.3 Å². The minimum atomic E-state index is -0.0805. The average molecular weight is 281 g/mol. The lowest BCUT2D eigenvalue weighted by Crippen LogP contribution is -2.53. The van der Waals surface area contributed by atoms with E-state index in [1.54, 1.807) is 0 Å². The van der Waals surface area contributed by atoms with E-state index in [1.807, 2.05) is 0 Å². The van der Waals surface area contributed by atoms with Gasteiger partial charge in [-0.25, -0.2) is 0 Å². The van der Waals surface area contributed by atoms with Crippen LogP contribution in [0.4, 0.5) is 0 Å². The molecule has 118 valence electrons. The first-order chi connectivity index (χ1) is 9.19. The fraction of sp³-hybridized carbons (Fsp3) is 1.00. The quantitative estimate of drug-likeness (QED) is 0.764. The summed E-state index contributed by atoms with van der Waals surface area (Å²) >= 11 is 0. The number of hydrogen-bond donors (Lipinski definition) is 1. The van der Waals surface area contributed by atoms with Crippen LogP contribution in [0.3, 0.4) is 0 Å². The van der Waals surface area contributed by atoms with Gasteiger partial charge >= 0.3 is 0 Å². The maximum Gasteiger partial charge on any atom is 0.0680 e. The lowest BCUT2D eigenvalue weighted by atomic mass is 9.69. The molecule has 0 aromatic rings. The molecule has 2 heteroatoms. The normalized spacial score (nSPS) is 40.5. The highest BCUT2D eigenvalue weighted by Crippen LogP contribution is 2.50. The summed E-state index contributed by atoms with van der Waals surface area (Å²) in [6.45, 7) is 11.2. The van der Waals surface area contributed by atoms with Gasteiger partial charge < -0.3 is 10.5 Å². The summed E-state index contributed by atoms with van der Waals surface area (Å²) in [4.78, 5) is 0. The molecular weight excluding hydrogens is 246 g/mol. The van der Waals surface area contributed by atoms with Crippen LogP contribution in [0.2, 0.25) is 0 Å². The molecule has 2 fully saturated rings. The van der Waals surface area contributed by atoms with E-state index in [9.17, 15) is 0 Å². The van der Waals surface area contributed by atoms with E-state index < -0.39 is 0 Å². The van der Waals surface area contributed by atoms with Crippen molar-refractivity contribution in [2.24, 2.45) is 17.6 Å². The van der Waals surface area contributed by atoms with Crippen LogP contribution in [-0.4, -0.2) is 16.7 Å². The molecule has 0 amide bonds. The van der Waals surface area contributed by atoms with Gasteiger partial charge in [0.1, 0.15) is 0 Å². The third-order valence-corrected chi connectivity index (χ3v) is 5.74. The Hall–Kier alpha value is -0.0800. The lowest BCUT2D eigenvalue weighted by molar-refractivity contribution is -0.0828. The molecular formula is C18H35NO. The van der Waals surface area contributed by atoms with Crippen molar-refractivity contribution in [1.29, 1.82) is 0 Å². The molecule has 0 bridgehead atoms. The Labute approximate surface area is 125 Å². The van der Waals surface area contributed by atoms with Crippen LogP contribution in [0.5, 0.6) is 0 Å². The summed E-state index contributed by atoms with van der Waals surface area (Å²) in [5.41, 5.74) is 6.83. The molecule has 3 atom stereocenters. The Morgan fingerprint density at radius 3 is 2.35 bits per heavy atom. The average Bonchev–Trinajstić information content (AvgIpc) is 2.46. The highest BCUT2D eigenvalue weighted by Gasteiger charge is 2.53. The van der Waals surface area contributed by atoms with Crippen molar-refractivity contribution in [3.05, 3.63) is 0 Å². The molecule has 0 aromatic heterocycles. The molecule has 1 saturated heterocycles. The predicted octanol–water partition coefficient (Wildman–Crippen LogP) is 4.66. The van der Waals surface area contributed by atoms with Crippen molar-refractivity contribution < 1.29 is 4.74 Å². The fourth-order valence-corrected chi connectivity index (χ4v) is 4.97. The Morgan fingerprint density at radius 1 is 1.10 bits per heavy atom. The lowest BCUT2D eigenvalue weighted by Gasteiger charge is -2.41. The van der Waals surface area contributed by atoms with Crippen molar-refractivity contribution in [2.75, 3.05) is 0 Å². The summed E-state index contributed by atoms with van der Waals surface area (Å²) in [6.07, 6.45) is 10.2. The molecule has 0 spiro atoms. The predicted molar refractivity (Wildman–Crippen MR) is 85.8 cm³/mol. The zero-order valence-corrected chi connectivity index (χ0v) is 14.3. The van der Waals surface area contributed by atoms with Crippen LogP contribution in [0, 0.1) is 11.8 Å². The molecule has 0 radical (unpaired) electrons. The molecule has 1 aliphatic carbocycles. The van der Waals surface area contributed by atoms with E-state index in [4.69, 9.17) is 10.5 Å². The van der Waals surface area contributed by atoms with E-state index in [2.05, 4.69) is 34.6 Å². The highest BCUT2D eigenvalue weighted by molar-refractivity contribution is 5.06. The maximum absolute atomic E-state index is 6.94. The summed E-state index contributed by atoms with van der Waals surface area (Å²) in [5, 5.41) is 0. The summed E-state index contributed by atoms with van der Waals surface area (Å²) in [7, 11) is 0. The molecule has 2 rings (SSSR count). The van der Waals surface area contributed by atoms with Crippen molar-refractivity contribution in [3.8, 4) is 0 Å². The van der Waals surface area contributed by atoms with Crippen LogP contribution in [0.1, 0.15) is 86.0 Å². The summed E-state index contributed by atoms with van der Waals surface area (Å²) in [5.74, 6) is 1.40. The monoisotopic (exact) mass is 281 g/mol. The van der Waals surface area contributed by atoms with E-state index in [0.29, 0.717) is 5.92 Å². The maximum atomic E-state index is 6.94. The van der Waals surface area contributed by atoms with E-state index in [0.717, 1.165) is 12.3 Å². The van der Waals surface area contributed by atoms with E-state index in [1.165, 1.54) is 44.9 Å². The molecule has 2 N–H and O–H groups in total. The van der Waals surface area contributed by atoms with Crippen LogP contribution < -0.4 is 5.73 Å². The molecule has 0 aromatic carbocycles. The minimum Gasteiger partial charge on any atom is -0.369 e. The van der Waals surface area contributed by atoms with Crippen LogP contribution >= 0.6 is 0 Å². The molecule has 3 unspecified atom stereocenters. The van der Waals surface area contributed by atoms with Gasteiger partial charge in [0.15, 0.2) is 0 Å². The van der Waals surface area contributed by atoms with Crippen LogP contribution in [0.25, 0.3) is 0 Å². The molecule has 2 aliphatic rings. The summed E-state index contributed by atoms with van der Waals surface area (Å²) < 4.78 is 6.30. The molecule has 1 aliphatic heterocycles. The van der Waals surface area contributed by atoms with Crippen molar-refractivity contribution >= 4 is 0 Å². The van der Waals surface area contributed by atoms with Gasteiger partial charge in [0, 0.05) is 11.5 Å². The molecule has 20 heavy (non-hydrogen) atoms. The Kier molecular flexibility index (Phi) is 4.57. The number of ether oxygens (including phenoxy) is 1. The second-order valence-corrected chi connectivity index (χ2v) is 8.54.